The van der Waals surface area contributed by atoms with Gasteiger partial charge in [-0.15, -0.1) is 0 Å². The number of aryl methyl sites for hydroxylation is 2. The second kappa shape index (κ2) is 6.20. The first-order valence-electron chi connectivity index (χ1n) is 9.95. The molecule has 0 bridgehead atoms. The lowest BCUT2D eigenvalue weighted by Crippen LogP contribution is -1.99. The number of rotatable bonds is 2. The minimum absolute atomic E-state index is 0.413. The van der Waals surface area contributed by atoms with E-state index < -0.39 is 0 Å². The molecule has 3 aromatic carbocycles. The highest BCUT2D eigenvalue weighted by Crippen LogP contribution is 2.35. The van der Waals surface area contributed by atoms with Crippen LogP contribution in [0.15, 0.2) is 66.7 Å². The molecule has 0 aliphatic heterocycles. The third-order valence-electron chi connectivity index (χ3n) is 5.69. The van der Waals surface area contributed by atoms with E-state index in [1.165, 1.54) is 44.1 Å². The maximum atomic E-state index is 5.03. The van der Waals surface area contributed by atoms with Crippen molar-refractivity contribution in [3.05, 3.63) is 83.7 Å². The highest BCUT2D eigenvalue weighted by molar-refractivity contribution is 6.12. The zero-order valence-corrected chi connectivity index (χ0v) is 16.8. The largest absolute Gasteiger partial charge is 0.296 e. The lowest BCUT2D eigenvalue weighted by molar-refractivity contribution is 0.807. The van der Waals surface area contributed by atoms with Crippen molar-refractivity contribution in [2.75, 3.05) is 0 Å². The maximum absolute atomic E-state index is 5.03. The molecule has 2 aromatic heterocycles. The molecule has 28 heavy (non-hydrogen) atoms. The standard InChI is InChI=1S/C26H24N2/c1-16(2)25-18(4)27-26-23-15-20(19-9-7-8-17(3)14-19)12-13-21(23)22-10-5-6-11-24(22)28(25)26/h5-16H,1-4H3. The number of hydrogen-bond acceptors (Lipinski definition) is 1. The van der Waals surface area contributed by atoms with Gasteiger partial charge in [0.05, 0.1) is 11.2 Å². The van der Waals surface area contributed by atoms with E-state index in [1.807, 2.05) is 0 Å². The Morgan fingerprint density at radius 1 is 0.750 bits per heavy atom. The number of hydrogen-bond donors (Lipinski definition) is 0. The van der Waals surface area contributed by atoms with Crippen LogP contribution in [0.1, 0.15) is 36.7 Å². The second-order valence-electron chi connectivity index (χ2n) is 8.04. The molecule has 0 amide bonds. The summed E-state index contributed by atoms with van der Waals surface area (Å²) in [4.78, 5) is 5.03. The van der Waals surface area contributed by atoms with E-state index in [2.05, 4.69) is 98.8 Å². The van der Waals surface area contributed by atoms with Crippen molar-refractivity contribution in [3.8, 4) is 11.1 Å². The average molecular weight is 364 g/mol. The summed E-state index contributed by atoms with van der Waals surface area (Å²) in [6.45, 7) is 8.77. The Bertz CT molecular complexity index is 1360. The zero-order chi connectivity index (χ0) is 19.4. The van der Waals surface area contributed by atoms with Crippen LogP contribution in [-0.2, 0) is 0 Å². The van der Waals surface area contributed by atoms with E-state index in [0.717, 1.165) is 11.3 Å². The van der Waals surface area contributed by atoms with E-state index in [4.69, 9.17) is 4.98 Å². The summed E-state index contributed by atoms with van der Waals surface area (Å²) in [5.41, 5.74) is 8.48. The molecule has 0 N–H and O–H groups in total. The van der Waals surface area contributed by atoms with Gasteiger partial charge in [-0.25, -0.2) is 4.98 Å². The number of fused-ring (bicyclic) bond motifs is 6. The first kappa shape index (κ1) is 17.0. The molecule has 138 valence electrons. The van der Waals surface area contributed by atoms with Crippen molar-refractivity contribution in [1.82, 2.24) is 9.38 Å². The Morgan fingerprint density at radius 3 is 2.32 bits per heavy atom. The fraction of sp³-hybridized carbons (Fsp3) is 0.192. The number of pyridine rings is 1. The van der Waals surface area contributed by atoms with Gasteiger partial charge in [0.15, 0.2) is 0 Å². The van der Waals surface area contributed by atoms with E-state index >= 15 is 0 Å². The van der Waals surface area contributed by atoms with Gasteiger partial charge >= 0.3 is 0 Å². The molecular formula is C26H24N2. The molecule has 0 aliphatic carbocycles. The first-order chi connectivity index (χ1) is 13.5. The van der Waals surface area contributed by atoms with Crippen LogP contribution in [0.4, 0.5) is 0 Å². The summed E-state index contributed by atoms with van der Waals surface area (Å²) in [6, 6.07) is 24.2. The molecular weight excluding hydrogens is 340 g/mol. The molecule has 0 atom stereocenters. The van der Waals surface area contributed by atoms with Crippen LogP contribution in [-0.4, -0.2) is 9.38 Å². The number of imidazole rings is 1. The topological polar surface area (TPSA) is 17.3 Å². The van der Waals surface area contributed by atoms with Crippen LogP contribution in [0.25, 0.3) is 38.4 Å². The maximum Gasteiger partial charge on any atom is 0.145 e. The lowest BCUT2D eigenvalue weighted by Gasteiger charge is -2.13. The number of nitrogens with zero attached hydrogens (tertiary/aromatic N) is 2. The Kier molecular flexibility index (Phi) is 3.77. The van der Waals surface area contributed by atoms with Gasteiger partial charge < -0.3 is 0 Å². The van der Waals surface area contributed by atoms with Gasteiger partial charge in [0.2, 0.25) is 0 Å². The first-order valence-corrected chi connectivity index (χ1v) is 9.95. The average Bonchev–Trinajstić information content (AvgIpc) is 3.05. The van der Waals surface area contributed by atoms with Gasteiger partial charge in [0.25, 0.3) is 0 Å². The summed E-state index contributed by atoms with van der Waals surface area (Å²) in [5, 5.41) is 3.76. The monoisotopic (exact) mass is 364 g/mol. The van der Waals surface area contributed by atoms with Crippen molar-refractivity contribution in [3.63, 3.8) is 0 Å². The molecule has 0 spiro atoms. The normalized spacial score (nSPS) is 11.9. The number of para-hydroxylation sites is 1. The molecule has 2 heterocycles. The van der Waals surface area contributed by atoms with Crippen molar-refractivity contribution < 1.29 is 0 Å². The van der Waals surface area contributed by atoms with Crippen molar-refractivity contribution in [1.29, 1.82) is 0 Å². The predicted octanol–water partition coefficient (Wildman–Crippen LogP) is 7.05. The summed E-state index contributed by atoms with van der Waals surface area (Å²) in [5.74, 6) is 0.413. The van der Waals surface area contributed by atoms with Gasteiger partial charge in [-0.1, -0.05) is 74.0 Å². The highest BCUT2D eigenvalue weighted by Gasteiger charge is 2.18. The third kappa shape index (κ3) is 2.45. The minimum atomic E-state index is 0.413. The minimum Gasteiger partial charge on any atom is -0.296 e. The van der Waals surface area contributed by atoms with Gasteiger partial charge in [0.1, 0.15) is 5.65 Å². The van der Waals surface area contributed by atoms with Crippen LogP contribution < -0.4 is 0 Å². The van der Waals surface area contributed by atoms with E-state index in [0.29, 0.717) is 5.92 Å². The van der Waals surface area contributed by atoms with Crippen LogP contribution in [0.3, 0.4) is 0 Å². The molecule has 5 aromatic rings. The summed E-state index contributed by atoms with van der Waals surface area (Å²) < 4.78 is 2.37. The smallest absolute Gasteiger partial charge is 0.145 e. The van der Waals surface area contributed by atoms with E-state index in [9.17, 15) is 0 Å². The van der Waals surface area contributed by atoms with Crippen molar-refractivity contribution >= 4 is 27.3 Å². The zero-order valence-electron chi connectivity index (χ0n) is 16.8. The fourth-order valence-corrected chi connectivity index (χ4v) is 4.51. The van der Waals surface area contributed by atoms with Gasteiger partial charge in [-0.3, -0.25) is 4.40 Å². The molecule has 0 radical (unpaired) electrons. The Labute approximate surface area is 165 Å². The highest BCUT2D eigenvalue weighted by atomic mass is 15.0. The van der Waals surface area contributed by atoms with Gasteiger partial charge in [0, 0.05) is 16.5 Å². The summed E-state index contributed by atoms with van der Waals surface area (Å²) >= 11 is 0. The van der Waals surface area contributed by atoms with Crippen LogP contribution in [0, 0.1) is 13.8 Å². The Morgan fingerprint density at radius 2 is 1.54 bits per heavy atom. The molecule has 0 unspecified atom stereocenters. The fourth-order valence-electron chi connectivity index (χ4n) is 4.51. The Hall–Kier alpha value is -3.13. The van der Waals surface area contributed by atoms with E-state index in [-0.39, 0.29) is 0 Å². The van der Waals surface area contributed by atoms with Crippen LogP contribution in [0.2, 0.25) is 0 Å². The second-order valence-corrected chi connectivity index (χ2v) is 8.04. The third-order valence-corrected chi connectivity index (χ3v) is 5.69. The van der Waals surface area contributed by atoms with Gasteiger partial charge in [-0.2, -0.15) is 0 Å². The Balaban J connectivity index is 1.95. The van der Waals surface area contributed by atoms with E-state index in [1.54, 1.807) is 0 Å². The molecule has 2 heteroatoms. The molecule has 5 rings (SSSR count). The molecule has 0 fully saturated rings. The summed E-state index contributed by atoms with van der Waals surface area (Å²) in [6.07, 6.45) is 0. The molecule has 0 saturated heterocycles. The lowest BCUT2D eigenvalue weighted by atomic mass is 9.98. The quantitative estimate of drug-likeness (QED) is 0.307. The van der Waals surface area contributed by atoms with Gasteiger partial charge in [-0.05, 0) is 48.4 Å². The molecule has 0 aliphatic rings. The number of aromatic nitrogens is 2. The molecule has 2 nitrogen and oxygen atoms in total. The summed E-state index contributed by atoms with van der Waals surface area (Å²) in [7, 11) is 0. The number of benzene rings is 3. The molecule has 0 saturated carbocycles. The SMILES string of the molecule is Cc1cccc(-c2ccc3c4ccccc4n4c(C(C)C)c(C)nc4c3c2)c1. The van der Waals surface area contributed by atoms with Crippen LogP contribution in [0.5, 0.6) is 0 Å². The van der Waals surface area contributed by atoms with Crippen LogP contribution >= 0.6 is 0 Å². The van der Waals surface area contributed by atoms with Crippen molar-refractivity contribution in [2.24, 2.45) is 0 Å². The van der Waals surface area contributed by atoms with Crippen molar-refractivity contribution in [2.45, 2.75) is 33.6 Å². The predicted molar refractivity (Wildman–Crippen MR) is 119 cm³/mol.